The molecule has 1 heterocycles. The van der Waals surface area contributed by atoms with E-state index in [1.165, 1.54) is 17.7 Å². The maximum Gasteiger partial charge on any atom is 0.416 e. The minimum atomic E-state index is -4.35. The van der Waals surface area contributed by atoms with Gasteiger partial charge in [0.25, 0.3) is 0 Å². The first kappa shape index (κ1) is 23.1. The molecule has 1 saturated heterocycles. The van der Waals surface area contributed by atoms with Crippen LogP contribution in [0.3, 0.4) is 0 Å². The molecule has 1 atom stereocenters. The third-order valence-corrected chi connectivity index (χ3v) is 4.75. The molecule has 2 N–H and O–H groups in total. The van der Waals surface area contributed by atoms with Crippen LogP contribution in [0, 0.1) is 0 Å². The van der Waals surface area contributed by atoms with Crippen LogP contribution >= 0.6 is 0 Å². The van der Waals surface area contributed by atoms with E-state index in [1.807, 2.05) is 6.92 Å². The smallest absolute Gasteiger partial charge is 0.324 e. The lowest BCUT2D eigenvalue weighted by Gasteiger charge is -2.35. The molecule has 5 nitrogen and oxygen atoms in total. The van der Waals surface area contributed by atoms with Crippen LogP contribution in [0.15, 0.2) is 47.6 Å². The summed E-state index contributed by atoms with van der Waals surface area (Å²) in [6.07, 6.45) is -1.70. The molecule has 1 aliphatic heterocycles. The Morgan fingerprint density at radius 3 is 2.34 bits per heavy atom. The van der Waals surface area contributed by atoms with Crippen LogP contribution in [-0.2, 0) is 6.18 Å². The van der Waals surface area contributed by atoms with Gasteiger partial charge in [0.05, 0.1) is 11.3 Å². The fraction of sp³-hybridized carbons (Fsp3) is 0.476. The molecule has 0 amide bonds. The van der Waals surface area contributed by atoms with Crippen molar-refractivity contribution in [3.05, 3.63) is 53.7 Å². The van der Waals surface area contributed by atoms with E-state index in [0.717, 1.165) is 51.4 Å². The fourth-order valence-corrected chi connectivity index (χ4v) is 3.12. The highest BCUT2D eigenvalue weighted by atomic mass is 19.4. The van der Waals surface area contributed by atoms with Gasteiger partial charge in [-0.25, -0.2) is 5.01 Å². The van der Waals surface area contributed by atoms with E-state index >= 15 is 0 Å². The summed E-state index contributed by atoms with van der Waals surface area (Å²) in [7, 11) is 0. The number of hydrazine groups is 1. The molecular weight excluding hydrogens is 379 g/mol. The maximum absolute atomic E-state index is 12.7. The summed E-state index contributed by atoms with van der Waals surface area (Å²) < 4.78 is 38.1. The minimum absolute atomic E-state index is 0.400. The number of piperazine rings is 1. The molecule has 1 aliphatic rings. The minimum Gasteiger partial charge on any atom is -0.324 e. The van der Waals surface area contributed by atoms with Gasteiger partial charge in [0.2, 0.25) is 0 Å². The van der Waals surface area contributed by atoms with E-state index in [1.54, 1.807) is 6.20 Å². The Labute approximate surface area is 171 Å². The predicted molar refractivity (Wildman–Crippen MR) is 112 cm³/mol. The Morgan fingerprint density at radius 1 is 1.21 bits per heavy atom. The molecule has 0 radical (unpaired) electrons. The molecule has 0 aliphatic carbocycles. The summed E-state index contributed by atoms with van der Waals surface area (Å²) in [6, 6.07) is 5.31. The topological polar surface area (TPSA) is 42.9 Å². The Hall–Kier alpha value is -2.16. The summed E-state index contributed by atoms with van der Waals surface area (Å²) in [4.78, 5) is 6.28. The lowest BCUT2D eigenvalue weighted by Crippen LogP contribution is -2.53. The zero-order valence-corrected chi connectivity index (χ0v) is 17.1. The number of aliphatic imine (C=N–C) groups is 1. The molecule has 8 heteroatoms. The van der Waals surface area contributed by atoms with Gasteiger partial charge in [-0.15, -0.1) is 6.58 Å². The van der Waals surface area contributed by atoms with Crippen LogP contribution in [0.1, 0.15) is 31.4 Å². The summed E-state index contributed by atoms with van der Waals surface area (Å²) in [5.41, 5.74) is 4.75. The quantitative estimate of drug-likeness (QED) is 0.482. The highest BCUT2D eigenvalue weighted by Crippen LogP contribution is 2.30. The average Bonchev–Trinajstić information content (AvgIpc) is 2.67. The molecular formula is C21H30F3N5. The van der Waals surface area contributed by atoms with Crippen LogP contribution in [0.4, 0.5) is 13.2 Å². The van der Waals surface area contributed by atoms with Gasteiger partial charge < -0.3 is 10.7 Å². The number of alkyl halides is 3. The van der Waals surface area contributed by atoms with Crippen LogP contribution in [0.25, 0.3) is 5.70 Å². The van der Waals surface area contributed by atoms with Crippen LogP contribution < -0.4 is 10.7 Å². The predicted octanol–water partition coefficient (Wildman–Crippen LogP) is 3.73. The van der Waals surface area contributed by atoms with Crippen LogP contribution in [0.5, 0.6) is 0 Å². The second-order valence-corrected chi connectivity index (χ2v) is 7.42. The summed E-state index contributed by atoms with van der Waals surface area (Å²) in [5, 5.41) is 5.56. The number of hydrogen-bond acceptors (Lipinski definition) is 5. The third kappa shape index (κ3) is 7.64. The lowest BCUT2D eigenvalue weighted by atomic mass is 10.1. The Morgan fingerprint density at radius 2 is 1.83 bits per heavy atom. The molecule has 1 aromatic rings. The number of benzene rings is 1. The lowest BCUT2D eigenvalue weighted by molar-refractivity contribution is -0.137. The third-order valence-electron chi connectivity index (χ3n) is 4.75. The van der Waals surface area contributed by atoms with Crippen molar-refractivity contribution in [3.8, 4) is 0 Å². The normalized spacial score (nSPS) is 17.8. The zero-order valence-electron chi connectivity index (χ0n) is 17.1. The Kier molecular flexibility index (Phi) is 8.43. The number of nitrogens with zero attached hydrogens (tertiary/aromatic N) is 3. The highest BCUT2D eigenvalue weighted by Gasteiger charge is 2.30. The molecule has 0 bridgehead atoms. The second-order valence-electron chi connectivity index (χ2n) is 7.42. The zero-order chi connectivity index (χ0) is 21.4. The van der Waals surface area contributed by atoms with Gasteiger partial charge in [-0.3, -0.25) is 9.89 Å². The van der Waals surface area contributed by atoms with Crippen molar-refractivity contribution in [1.29, 1.82) is 0 Å². The molecule has 0 aromatic heterocycles. The van der Waals surface area contributed by atoms with E-state index in [0.29, 0.717) is 17.3 Å². The van der Waals surface area contributed by atoms with Gasteiger partial charge in [-0.05, 0) is 39.1 Å². The molecule has 2 rings (SSSR count). The Bertz CT molecular complexity index is 704. The Balaban J connectivity index is 1.82. The SMILES string of the molecule is C=N/C(=C\NN1CCN(CNC(C)CC(=C)C)CC1)c1ccc(C(F)(F)F)cc1. The van der Waals surface area contributed by atoms with Gasteiger partial charge in [0.15, 0.2) is 0 Å². The first-order valence-electron chi connectivity index (χ1n) is 9.65. The molecule has 1 fully saturated rings. The number of nitrogens with one attached hydrogen (secondary N) is 2. The van der Waals surface area contributed by atoms with Crippen molar-refractivity contribution in [3.63, 3.8) is 0 Å². The van der Waals surface area contributed by atoms with Gasteiger partial charge in [-0.1, -0.05) is 17.7 Å². The molecule has 29 heavy (non-hydrogen) atoms. The summed E-state index contributed by atoms with van der Waals surface area (Å²) in [5.74, 6) is 0. The molecule has 160 valence electrons. The first-order valence-corrected chi connectivity index (χ1v) is 9.65. The van der Waals surface area contributed by atoms with Gasteiger partial charge in [-0.2, -0.15) is 13.2 Å². The second kappa shape index (κ2) is 10.6. The van der Waals surface area contributed by atoms with Gasteiger partial charge >= 0.3 is 6.18 Å². The fourth-order valence-electron chi connectivity index (χ4n) is 3.12. The number of hydrogen-bond donors (Lipinski definition) is 2. The highest BCUT2D eigenvalue weighted by molar-refractivity contribution is 5.67. The monoisotopic (exact) mass is 409 g/mol. The number of halogens is 3. The average molecular weight is 410 g/mol. The van der Waals surface area contributed by atoms with Gasteiger partial charge in [0.1, 0.15) is 0 Å². The van der Waals surface area contributed by atoms with Crippen molar-refractivity contribution >= 4 is 12.4 Å². The van der Waals surface area contributed by atoms with Crippen molar-refractivity contribution in [2.45, 2.75) is 32.5 Å². The van der Waals surface area contributed by atoms with Crippen LogP contribution in [-0.4, -0.2) is 55.5 Å². The van der Waals surface area contributed by atoms with E-state index in [-0.39, 0.29) is 0 Å². The molecule has 1 aromatic carbocycles. The van der Waals surface area contributed by atoms with Crippen molar-refractivity contribution in [1.82, 2.24) is 20.7 Å². The van der Waals surface area contributed by atoms with Crippen molar-refractivity contribution in [2.24, 2.45) is 4.99 Å². The van der Waals surface area contributed by atoms with Crippen LogP contribution in [0.2, 0.25) is 0 Å². The number of rotatable bonds is 9. The molecule has 1 unspecified atom stereocenters. The van der Waals surface area contributed by atoms with E-state index < -0.39 is 11.7 Å². The largest absolute Gasteiger partial charge is 0.416 e. The van der Waals surface area contributed by atoms with E-state index in [2.05, 4.69) is 45.9 Å². The summed E-state index contributed by atoms with van der Waals surface area (Å²) in [6.45, 7) is 16.0. The van der Waals surface area contributed by atoms with Crippen molar-refractivity contribution in [2.75, 3.05) is 32.8 Å². The van der Waals surface area contributed by atoms with E-state index in [9.17, 15) is 13.2 Å². The standard InChI is InChI=1S/C21H30F3N5/c1-16(2)13-17(3)26-15-28-9-11-29(12-10-28)27-14-20(25-4)18-5-7-19(8-6-18)21(22,23)24/h5-8,14,17,26-27H,1,4,9-13,15H2,2-3H3/b20-14-. The first-order chi connectivity index (χ1) is 13.7. The van der Waals surface area contributed by atoms with Gasteiger partial charge in [0, 0.05) is 50.7 Å². The van der Waals surface area contributed by atoms with E-state index in [4.69, 9.17) is 0 Å². The summed E-state index contributed by atoms with van der Waals surface area (Å²) >= 11 is 0. The molecule has 0 saturated carbocycles. The van der Waals surface area contributed by atoms with Crippen molar-refractivity contribution < 1.29 is 13.2 Å². The molecule has 0 spiro atoms. The maximum atomic E-state index is 12.7.